The molecule has 23 heavy (non-hydrogen) atoms. The molecule has 0 aliphatic carbocycles. The van der Waals surface area contributed by atoms with E-state index in [9.17, 15) is 9.59 Å². The largest absolute Gasteiger partial charge is 0.489 e. The van der Waals surface area contributed by atoms with Gasteiger partial charge >= 0.3 is 0 Å². The van der Waals surface area contributed by atoms with E-state index in [4.69, 9.17) is 4.74 Å². The highest BCUT2D eigenvalue weighted by molar-refractivity contribution is 6.01. The smallest absolute Gasteiger partial charge is 0.227 e. The van der Waals surface area contributed by atoms with Crippen molar-refractivity contribution in [2.24, 2.45) is 5.92 Å². The number of carbonyl (C=O) groups is 2. The van der Waals surface area contributed by atoms with Gasteiger partial charge in [0.2, 0.25) is 11.8 Å². The Morgan fingerprint density at radius 2 is 1.96 bits per heavy atom. The first-order valence-electron chi connectivity index (χ1n) is 8.32. The van der Waals surface area contributed by atoms with E-state index >= 15 is 0 Å². The Hall–Kier alpha value is -2.04. The lowest BCUT2D eigenvalue weighted by atomic mass is 10.1. The molecule has 1 fully saturated rings. The van der Waals surface area contributed by atoms with E-state index in [0.717, 1.165) is 5.69 Å². The van der Waals surface area contributed by atoms with Gasteiger partial charge < -0.3 is 14.5 Å². The molecule has 1 aliphatic heterocycles. The quantitative estimate of drug-likeness (QED) is 0.810. The van der Waals surface area contributed by atoms with Crippen LogP contribution in [0.3, 0.4) is 0 Å². The van der Waals surface area contributed by atoms with Crippen molar-refractivity contribution < 1.29 is 14.3 Å². The molecule has 1 heterocycles. The van der Waals surface area contributed by atoms with E-state index in [-0.39, 0.29) is 30.3 Å². The van der Waals surface area contributed by atoms with Crippen LogP contribution in [0.15, 0.2) is 24.3 Å². The van der Waals surface area contributed by atoms with Gasteiger partial charge in [-0.2, -0.15) is 0 Å². The first-order valence-corrected chi connectivity index (χ1v) is 8.32. The zero-order valence-electron chi connectivity index (χ0n) is 14.4. The summed E-state index contributed by atoms with van der Waals surface area (Å²) in [7, 11) is 0. The van der Waals surface area contributed by atoms with Crippen LogP contribution in [0.2, 0.25) is 0 Å². The van der Waals surface area contributed by atoms with E-state index < -0.39 is 0 Å². The molecule has 0 radical (unpaired) electrons. The molecule has 0 spiro atoms. The summed E-state index contributed by atoms with van der Waals surface area (Å²) in [5.41, 5.74) is 0.751. The molecule has 1 aromatic rings. The van der Waals surface area contributed by atoms with Gasteiger partial charge in [-0.15, -0.1) is 0 Å². The lowest BCUT2D eigenvalue weighted by Crippen LogP contribution is -2.37. The van der Waals surface area contributed by atoms with Gasteiger partial charge in [0.1, 0.15) is 5.75 Å². The Balaban J connectivity index is 2.19. The molecule has 0 saturated carbocycles. The first-order chi connectivity index (χ1) is 11.0. The number of anilines is 1. The summed E-state index contributed by atoms with van der Waals surface area (Å²) in [5, 5.41) is 0. The van der Waals surface area contributed by atoms with Gasteiger partial charge in [-0.1, -0.05) is 12.1 Å². The van der Waals surface area contributed by atoms with Crippen LogP contribution in [0.25, 0.3) is 0 Å². The summed E-state index contributed by atoms with van der Waals surface area (Å²) in [5.74, 6) is 0.463. The van der Waals surface area contributed by atoms with Crippen molar-refractivity contribution in [1.82, 2.24) is 4.90 Å². The maximum Gasteiger partial charge on any atom is 0.227 e. The SMILES string of the molecule is CCN(CC)C(=O)C1CC(=O)N(c2ccccc2OC(C)C)C1. The van der Waals surface area contributed by atoms with E-state index in [1.54, 1.807) is 9.80 Å². The van der Waals surface area contributed by atoms with Crippen LogP contribution in [0.5, 0.6) is 5.75 Å². The van der Waals surface area contributed by atoms with Crippen molar-refractivity contribution in [2.45, 2.75) is 40.2 Å². The molecule has 5 heteroatoms. The van der Waals surface area contributed by atoms with Crippen molar-refractivity contribution >= 4 is 17.5 Å². The zero-order valence-corrected chi connectivity index (χ0v) is 14.4. The highest BCUT2D eigenvalue weighted by Crippen LogP contribution is 2.34. The molecule has 1 aromatic carbocycles. The van der Waals surface area contributed by atoms with Gasteiger partial charge in [-0.05, 0) is 39.8 Å². The molecule has 0 bridgehead atoms. The van der Waals surface area contributed by atoms with Crippen LogP contribution in [-0.4, -0.2) is 42.5 Å². The minimum Gasteiger partial charge on any atom is -0.489 e. The van der Waals surface area contributed by atoms with Crippen LogP contribution in [0.4, 0.5) is 5.69 Å². The summed E-state index contributed by atoms with van der Waals surface area (Å²) >= 11 is 0. The van der Waals surface area contributed by atoms with Gasteiger partial charge in [-0.25, -0.2) is 0 Å². The molecule has 126 valence electrons. The predicted molar refractivity (Wildman–Crippen MR) is 90.6 cm³/mol. The number of amides is 2. The fraction of sp³-hybridized carbons (Fsp3) is 0.556. The molecular weight excluding hydrogens is 292 g/mol. The van der Waals surface area contributed by atoms with Crippen molar-refractivity contribution in [1.29, 1.82) is 0 Å². The maximum absolute atomic E-state index is 12.5. The minimum atomic E-state index is -0.269. The third-order valence-corrected chi connectivity index (χ3v) is 4.07. The van der Waals surface area contributed by atoms with Gasteiger partial charge in [0.05, 0.1) is 17.7 Å². The monoisotopic (exact) mass is 318 g/mol. The van der Waals surface area contributed by atoms with Crippen LogP contribution >= 0.6 is 0 Å². The van der Waals surface area contributed by atoms with E-state index in [1.165, 1.54) is 0 Å². The van der Waals surface area contributed by atoms with Gasteiger partial charge in [0.25, 0.3) is 0 Å². The first kappa shape index (κ1) is 17.3. The van der Waals surface area contributed by atoms with Crippen LogP contribution in [0.1, 0.15) is 34.1 Å². The summed E-state index contributed by atoms with van der Waals surface area (Å²) in [6, 6.07) is 7.51. The van der Waals surface area contributed by atoms with E-state index in [2.05, 4.69) is 0 Å². The molecular formula is C18H26N2O3. The highest BCUT2D eigenvalue weighted by Gasteiger charge is 2.37. The second-order valence-corrected chi connectivity index (χ2v) is 6.05. The Morgan fingerprint density at radius 3 is 2.57 bits per heavy atom. The maximum atomic E-state index is 12.5. The molecule has 1 unspecified atom stereocenters. The fourth-order valence-electron chi connectivity index (χ4n) is 2.93. The third kappa shape index (κ3) is 3.84. The Labute approximate surface area is 138 Å². The zero-order chi connectivity index (χ0) is 17.0. The standard InChI is InChI=1S/C18H26N2O3/c1-5-19(6-2)18(22)14-11-17(21)20(12-14)15-9-7-8-10-16(15)23-13(3)4/h7-10,13-14H,5-6,11-12H2,1-4H3. The Morgan fingerprint density at radius 1 is 1.30 bits per heavy atom. The topological polar surface area (TPSA) is 49.9 Å². The van der Waals surface area contributed by atoms with Crippen LogP contribution < -0.4 is 9.64 Å². The number of rotatable bonds is 6. The molecule has 1 saturated heterocycles. The highest BCUT2D eigenvalue weighted by atomic mass is 16.5. The third-order valence-electron chi connectivity index (χ3n) is 4.07. The average molecular weight is 318 g/mol. The van der Waals surface area contributed by atoms with Crippen molar-refractivity contribution in [3.63, 3.8) is 0 Å². The fourth-order valence-corrected chi connectivity index (χ4v) is 2.93. The Bertz CT molecular complexity index is 567. The summed E-state index contributed by atoms with van der Waals surface area (Å²) in [6.45, 7) is 9.60. The number of benzene rings is 1. The van der Waals surface area contributed by atoms with Crippen LogP contribution in [0, 0.1) is 5.92 Å². The predicted octanol–water partition coefficient (Wildman–Crippen LogP) is 2.70. The lowest BCUT2D eigenvalue weighted by molar-refractivity contribution is -0.135. The normalized spacial score (nSPS) is 17.7. The molecule has 1 aliphatic rings. The Kier molecular flexibility index (Phi) is 5.64. The van der Waals surface area contributed by atoms with Crippen molar-refractivity contribution in [3.8, 4) is 5.75 Å². The average Bonchev–Trinajstić information content (AvgIpc) is 2.90. The molecule has 2 amide bonds. The number of ether oxygens (including phenoxy) is 1. The number of hydrogen-bond donors (Lipinski definition) is 0. The number of carbonyl (C=O) groups excluding carboxylic acids is 2. The molecule has 0 aromatic heterocycles. The molecule has 5 nitrogen and oxygen atoms in total. The molecule has 2 rings (SSSR count). The number of hydrogen-bond acceptors (Lipinski definition) is 3. The summed E-state index contributed by atoms with van der Waals surface area (Å²) < 4.78 is 5.80. The molecule has 0 N–H and O–H groups in total. The van der Waals surface area contributed by atoms with E-state index in [0.29, 0.717) is 25.4 Å². The van der Waals surface area contributed by atoms with Crippen molar-refractivity contribution in [2.75, 3.05) is 24.5 Å². The number of para-hydroxylation sites is 2. The van der Waals surface area contributed by atoms with Gasteiger partial charge in [-0.3, -0.25) is 9.59 Å². The summed E-state index contributed by atoms with van der Waals surface area (Å²) in [6.07, 6.45) is 0.299. The second kappa shape index (κ2) is 7.49. The van der Waals surface area contributed by atoms with Crippen molar-refractivity contribution in [3.05, 3.63) is 24.3 Å². The molecule has 1 atom stereocenters. The second-order valence-electron chi connectivity index (χ2n) is 6.05. The van der Waals surface area contributed by atoms with Gasteiger partial charge in [0, 0.05) is 26.1 Å². The van der Waals surface area contributed by atoms with Crippen LogP contribution in [-0.2, 0) is 9.59 Å². The minimum absolute atomic E-state index is 0.0182. The van der Waals surface area contributed by atoms with Gasteiger partial charge in [0.15, 0.2) is 0 Å². The number of nitrogens with zero attached hydrogens (tertiary/aromatic N) is 2. The lowest BCUT2D eigenvalue weighted by Gasteiger charge is -2.24. The summed E-state index contributed by atoms with van der Waals surface area (Å²) in [4.78, 5) is 28.4. The van der Waals surface area contributed by atoms with E-state index in [1.807, 2.05) is 52.0 Å².